The molecule has 0 unspecified atom stereocenters. The number of rotatable bonds is 5. The molecule has 1 aromatic carbocycles. The van der Waals surface area contributed by atoms with Gasteiger partial charge in [0.2, 0.25) is 5.89 Å². The number of nitrogens with zero attached hydrogens (tertiary/aromatic N) is 2. The van der Waals surface area contributed by atoms with Gasteiger partial charge in [0.05, 0.1) is 12.2 Å². The van der Waals surface area contributed by atoms with E-state index in [-0.39, 0.29) is 18.6 Å². The van der Waals surface area contributed by atoms with Gasteiger partial charge in [0.25, 0.3) is 5.91 Å². The van der Waals surface area contributed by atoms with Crippen LogP contribution < -0.4 is 15.4 Å². The number of amides is 1. The molecule has 7 heteroatoms. The van der Waals surface area contributed by atoms with Gasteiger partial charge in [0.1, 0.15) is 5.75 Å². The summed E-state index contributed by atoms with van der Waals surface area (Å²) in [6.45, 7) is 2.66. The fourth-order valence-corrected chi connectivity index (χ4v) is 2.57. The first-order valence-electron chi connectivity index (χ1n) is 7.81. The van der Waals surface area contributed by atoms with E-state index in [1.165, 1.54) is 0 Å². The molecule has 1 aromatic heterocycles. The van der Waals surface area contributed by atoms with Crippen molar-refractivity contribution in [2.24, 2.45) is 0 Å². The number of carbonyl (C=O) groups is 1. The number of nitrogens with one attached hydrogen (secondary N) is 2. The minimum atomic E-state index is -0.130. The standard InChI is InChI=1S/C16H18N4O3/c1-9(17-7-14-19-16(23-20-14)10-2-3-10)11-4-5-13-12(6-11)18-15(21)8-22-13/h4-6,9-10,17H,2-3,7-8H2,1H3,(H,18,21)/t9-/m1/s1. The Morgan fingerprint density at radius 1 is 1.43 bits per heavy atom. The van der Waals surface area contributed by atoms with Crippen molar-refractivity contribution in [3.63, 3.8) is 0 Å². The summed E-state index contributed by atoms with van der Waals surface area (Å²) < 4.78 is 10.6. The number of benzene rings is 1. The van der Waals surface area contributed by atoms with Crippen LogP contribution in [0.5, 0.6) is 5.75 Å². The lowest BCUT2D eigenvalue weighted by molar-refractivity contribution is -0.118. The highest BCUT2D eigenvalue weighted by molar-refractivity contribution is 5.95. The number of hydrogen-bond acceptors (Lipinski definition) is 6. The van der Waals surface area contributed by atoms with Crippen LogP contribution in [0.1, 0.15) is 49.0 Å². The minimum absolute atomic E-state index is 0.0707. The van der Waals surface area contributed by atoms with Gasteiger partial charge in [-0.3, -0.25) is 4.79 Å². The zero-order valence-electron chi connectivity index (χ0n) is 12.8. The molecule has 0 radical (unpaired) electrons. The van der Waals surface area contributed by atoms with Crippen molar-refractivity contribution >= 4 is 11.6 Å². The molecule has 1 fully saturated rings. The third kappa shape index (κ3) is 3.05. The maximum Gasteiger partial charge on any atom is 0.262 e. The summed E-state index contributed by atoms with van der Waals surface area (Å²) >= 11 is 0. The highest BCUT2D eigenvalue weighted by Gasteiger charge is 2.29. The monoisotopic (exact) mass is 314 g/mol. The summed E-state index contributed by atoms with van der Waals surface area (Å²) in [5, 5.41) is 10.2. The minimum Gasteiger partial charge on any atom is -0.482 e. The SMILES string of the molecule is C[C@@H](NCc1noc(C2CC2)n1)c1ccc2c(c1)NC(=O)CO2. The highest BCUT2D eigenvalue weighted by Crippen LogP contribution is 2.38. The van der Waals surface area contributed by atoms with Crippen LogP contribution in [0.3, 0.4) is 0 Å². The largest absolute Gasteiger partial charge is 0.482 e. The van der Waals surface area contributed by atoms with Crippen molar-refractivity contribution in [2.75, 3.05) is 11.9 Å². The van der Waals surface area contributed by atoms with Crippen LogP contribution in [0.15, 0.2) is 22.7 Å². The molecule has 2 heterocycles. The fraction of sp³-hybridized carbons (Fsp3) is 0.438. The number of aromatic nitrogens is 2. The summed E-state index contributed by atoms with van der Waals surface area (Å²) in [6, 6.07) is 5.87. The summed E-state index contributed by atoms with van der Waals surface area (Å²) in [5.41, 5.74) is 1.77. The molecule has 4 rings (SSSR count). The van der Waals surface area contributed by atoms with Gasteiger partial charge in [-0.2, -0.15) is 4.98 Å². The van der Waals surface area contributed by atoms with Crippen molar-refractivity contribution < 1.29 is 14.1 Å². The quantitative estimate of drug-likeness (QED) is 0.879. The highest BCUT2D eigenvalue weighted by atomic mass is 16.5. The normalized spacial score (nSPS) is 18.0. The lowest BCUT2D eigenvalue weighted by Gasteiger charge is -2.20. The second-order valence-corrected chi connectivity index (χ2v) is 6.02. The number of hydrogen-bond donors (Lipinski definition) is 2. The lowest BCUT2D eigenvalue weighted by atomic mass is 10.1. The second kappa shape index (κ2) is 5.66. The molecule has 1 aliphatic heterocycles. The Morgan fingerprint density at radius 2 is 2.30 bits per heavy atom. The maximum absolute atomic E-state index is 11.4. The van der Waals surface area contributed by atoms with E-state index in [0.717, 1.165) is 24.3 Å². The Labute approximate surface area is 133 Å². The third-order valence-electron chi connectivity index (χ3n) is 4.11. The molecule has 0 saturated heterocycles. The Hall–Kier alpha value is -2.41. The van der Waals surface area contributed by atoms with Gasteiger partial charge in [-0.15, -0.1) is 0 Å². The first-order valence-corrected chi connectivity index (χ1v) is 7.81. The molecular weight excluding hydrogens is 296 g/mol. The van der Waals surface area contributed by atoms with E-state index in [4.69, 9.17) is 9.26 Å². The molecule has 7 nitrogen and oxygen atoms in total. The Balaban J connectivity index is 1.41. The van der Waals surface area contributed by atoms with Gasteiger partial charge in [-0.25, -0.2) is 0 Å². The molecular formula is C16H18N4O3. The van der Waals surface area contributed by atoms with Gasteiger partial charge < -0.3 is 19.9 Å². The summed E-state index contributed by atoms with van der Waals surface area (Å²) in [6.07, 6.45) is 2.29. The molecule has 1 amide bonds. The molecule has 2 aromatic rings. The predicted octanol–water partition coefficient (Wildman–Crippen LogP) is 2.13. The van der Waals surface area contributed by atoms with Crippen LogP contribution >= 0.6 is 0 Å². The molecule has 1 saturated carbocycles. The van der Waals surface area contributed by atoms with Crippen LogP contribution in [-0.2, 0) is 11.3 Å². The number of ether oxygens (including phenoxy) is 1. The number of fused-ring (bicyclic) bond motifs is 1. The van der Waals surface area contributed by atoms with Crippen LogP contribution in [0.4, 0.5) is 5.69 Å². The average Bonchev–Trinajstić information content (AvgIpc) is 3.30. The number of anilines is 1. The first-order chi connectivity index (χ1) is 11.2. The fourth-order valence-electron chi connectivity index (χ4n) is 2.57. The molecule has 2 aliphatic rings. The van der Waals surface area contributed by atoms with E-state index in [2.05, 4.69) is 27.7 Å². The van der Waals surface area contributed by atoms with E-state index in [0.29, 0.717) is 29.7 Å². The van der Waals surface area contributed by atoms with Crippen molar-refractivity contribution in [3.05, 3.63) is 35.5 Å². The van der Waals surface area contributed by atoms with Crippen LogP contribution in [0, 0.1) is 0 Å². The van der Waals surface area contributed by atoms with E-state index in [1.807, 2.05) is 18.2 Å². The lowest BCUT2D eigenvalue weighted by Crippen LogP contribution is -2.26. The van der Waals surface area contributed by atoms with Crippen molar-refractivity contribution in [1.29, 1.82) is 0 Å². The topological polar surface area (TPSA) is 89.3 Å². The van der Waals surface area contributed by atoms with Crippen molar-refractivity contribution in [2.45, 2.75) is 38.3 Å². The van der Waals surface area contributed by atoms with Gasteiger partial charge in [-0.1, -0.05) is 11.2 Å². The third-order valence-corrected chi connectivity index (χ3v) is 4.11. The molecule has 0 spiro atoms. The Morgan fingerprint density at radius 3 is 3.13 bits per heavy atom. The molecule has 1 aliphatic carbocycles. The Bertz CT molecular complexity index is 739. The molecule has 120 valence electrons. The van der Waals surface area contributed by atoms with Gasteiger partial charge >= 0.3 is 0 Å². The van der Waals surface area contributed by atoms with Gasteiger partial charge in [0.15, 0.2) is 12.4 Å². The summed E-state index contributed by atoms with van der Waals surface area (Å²) in [4.78, 5) is 15.8. The maximum atomic E-state index is 11.4. The van der Waals surface area contributed by atoms with Crippen LogP contribution in [-0.4, -0.2) is 22.7 Å². The Kier molecular flexibility index (Phi) is 3.49. The zero-order chi connectivity index (χ0) is 15.8. The van der Waals surface area contributed by atoms with Crippen LogP contribution in [0.2, 0.25) is 0 Å². The second-order valence-electron chi connectivity index (χ2n) is 6.02. The zero-order valence-corrected chi connectivity index (χ0v) is 12.8. The smallest absolute Gasteiger partial charge is 0.262 e. The van der Waals surface area contributed by atoms with Crippen LogP contribution in [0.25, 0.3) is 0 Å². The average molecular weight is 314 g/mol. The van der Waals surface area contributed by atoms with Gasteiger partial charge in [0, 0.05) is 12.0 Å². The van der Waals surface area contributed by atoms with E-state index in [1.54, 1.807) is 0 Å². The first kappa shape index (κ1) is 14.2. The molecule has 1 atom stereocenters. The number of carbonyl (C=O) groups excluding carboxylic acids is 1. The summed E-state index contributed by atoms with van der Waals surface area (Å²) in [7, 11) is 0. The van der Waals surface area contributed by atoms with Crippen molar-refractivity contribution in [1.82, 2.24) is 15.5 Å². The molecule has 2 N–H and O–H groups in total. The van der Waals surface area contributed by atoms with E-state index >= 15 is 0 Å². The predicted molar refractivity (Wildman–Crippen MR) is 82.1 cm³/mol. The van der Waals surface area contributed by atoms with Gasteiger partial charge in [-0.05, 0) is 37.5 Å². The molecule has 23 heavy (non-hydrogen) atoms. The van der Waals surface area contributed by atoms with E-state index < -0.39 is 0 Å². The van der Waals surface area contributed by atoms with E-state index in [9.17, 15) is 4.79 Å². The summed E-state index contributed by atoms with van der Waals surface area (Å²) in [5.74, 6) is 2.47. The molecule has 0 bridgehead atoms. The van der Waals surface area contributed by atoms with Crippen molar-refractivity contribution in [3.8, 4) is 5.75 Å².